The van der Waals surface area contributed by atoms with E-state index in [1.807, 2.05) is 42.5 Å². The highest BCUT2D eigenvalue weighted by Crippen LogP contribution is 2.54. The van der Waals surface area contributed by atoms with E-state index in [4.69, 9.17) is 18.5 Å². The summed E-state index contributed by atoms with van der Waals surface area (Å²) in [5.41, 5.74) is 3.75. The molecular formula is C38H43N4O6P. The van der Waals surface area contributed by atoms with Crippen LogP contribution >= 0.6 is 8.53 Å². The van der Waals surface area contributed by atoms with E-state index in [9.17, 15) is 14.9 Å². The number of hydrogen-bond donors (Lipinski definition) is 1. The second-order valence-corrected chi connectivity index (χ2v) is 14.4. The van der Waals surface area contributed by atoms with Gasteiger partial charge < -0.3 is 18.5 Å². The number of fused-ring (bicyclic) bond motifs is 3. The summed E-state index contributed by atoms with van der Waals surface area (Å²) >= 11 is 0. The highest BCUT2D eigenvalue weighted by molar-refractivity contribution is 7.44. The molecule has 2 aliphatic rings. The van der Waals surface area contributed by atoms with Gasteiger partial charge in [-0.2, -0.15) is 5.26 Å². The van der Waals surface area contributed by atoms with Crippen molar-refractivity contribution in [3.8, 4) is 17.2 Å². The molecule has 1 aliphatic carbocycles. The summed E-state index contributed by atoms with van der Waals surface area (Å²) in [6, 6.07) is 29.2. The van der Waals surface area contributed by atoms with Crippen molar-refractivity contribution in [2.75, 3.05) is 13.2 Å². The molecule has 49 heavy (non-hydrogen) atoms. The van der Waals surface area contributed by atoms with Gasteiger partial charge in [0.15, 0.2) is 0 Å². The maximum absolute atomic E-state index is 13.0. The lowest BCUT2D eigenvalue weighted by Gasteiger charge is -2.38. The molecule has 11 heteroatoms. The summed E-state index contributed by atoms with van der Waals surface area (Å²) in [5, 5.41) is 9.25. The lowest BCUT2D eigenvalue weighted by Crippen LogP contribution is -2.39. The minimum Gasteiger partial charge on any atom is -0.358 e. The molecule has 1 fully saturated rings. The molecule has 1 N–H and O–H groups in total. The number of hydrogen-bond acceptors (Lipinski definition) is 8. The normalized spacial score (nSPS) is 20.0. The monoisotopic (exact) mass is 682 g/mol. The van der Waals surface area contributed by atoms with Crippen LogP contribution in [0.2, 0.25) is 0 Å². The van der Waals surface area contributed by atoms with Gasteiger partial charge in [0.1, 0.15) is 17.9 Å². The van der Waals surface area contributed by atoms with Crippen LogP contribution in [-0.4, -0.2) is 51.7 Å². The van der Waals surface area contributed by atoms with Crippen molar-refractivity contribution in [2.45, 2.75) is 83.6 Å². The Hall–Kier alpha value is -3.94. The number of rotatable bonds is 13. The molecule has 1 aromatic heterocycles. The maximum Gasteiger partial charge on any atom is 0.330 e. The fraction of sp³-hybridized carbons (Fsp3) is 0.395. The van der Waals surface area contributed by atoms with Gasteiger partial charge in [-0.25, -0.2) is 9.46 Å². The Balaban J connectivity index is 1.40. The minimum atomic E-state index is -1.62. The van der Waals surface area contributed by atoms with E-state index >= 15 is 0 Å². The smallest absolute Gasteiger partial charge is 0.330 e. The van der Waals surface area contributed by atoms with E-state index in [2.05, 4.69) is 79.8 Å². The zero-order valence-electron chi connectivity index (χ0n) is 28.5. The summed E-state index contributed by atoms with van der Waals surface area (Å²) in [6.07, 6.45) is 0.192. The predicted molar refractivity (Wildman–Crippen MR) is 189 cm³/mol. The van der Waals surface area contributed by atoms with E-state index in [0.717, 1.165) is 27.8 Å². The molecule has 2 heterocycles. The standard InChI is InChI=1S/C38H43N4O6P/c1-25(2)42(26(3)4)49(46-21-13-20-39)48-33-22-35(41-23-27(5)36(43)40-37(41)44)47-34(33)24-45-38(28-14-7-6-8-15-28)31-18-11-9-16-29(31)30-17-10-12-19-32(30)38/h6-12,14-19,23,25-26,33-35H,13,21-22,24H2,1-5H3,(H,40,43,44)/t33-,34+,35+,49?/m0/s1. The van der Waals surface area contributed by atoms with Crippen molar-refractivity contribution < 1.29 is 18.5 Å². The van der Waals surface area contributed by atoms with Crippen molar-refractivity contribution in [3.63, 3.8) is 0 Å². The number of nitrogens with one attached hydrogen (secondary N) is 1. The van der Waals surface area contributed by atoms with Crippen molar-refractivity contribution in [3.05, 3.63) is 128 Å². The first-order valence-corrected chi connectivity index (χ1v) is 17.9. The first-order chi connectivity index (χ1) is 23.6. The average molecular weight is 683 g/mol. The summed E-state index contributed by atoms with van der Waals surface area (Å²) in [4.78, 5) is 27.7. The molecule has 1 saturated heterocycles. The first kappa shape index (κ1) is 34.9. The Morgan fingerprint density at radius 3 is 2.20 bits per heavy atom. The quantitative estimate of drug-likeness (QED) is 0.121. The molecule has 6 rings (SSSR count). The van der Waals surface area contributed by atoms with Crippen LogP contribution in [0.1, 0.15) is 69.0 Å². The highest BCUT2D eigenvalue weighted by Gasteiger charge is 2.48. The third kappa shape index (κ3) is 6.80. The molecule has 0 bridgehead atoms. The van der Waals surface area contributed by atoms with E-state index in [1.54, 1.807) is 6.92 Å². The van der Waals surface area contributed by atoms with Crippen LogP contribution in [0.25, 0.3) is 11.1 Å². The third-order valence-corrected chi connectivity index (χ3v) is 11.2. The van der Waals surface area contributed by atoms with E-state index in [1.165, 1.54) is 10.8 Å². The number of nitriles is 1. The molecule has 3 aromatic carbocycles. The maximum atomic E-state index is 13.0. The summed E-state index contributed by atoms with van der Waals surface area (Å²) < 4.78 is 30.6. The molecular weight excluding hydrogens is 639 g/mol. The zero-order valence-corrected chi connectivity index (χ0v) is 29.4. The van der Waals surface area contributed by atoms with Crippen LogP contribution < -0.4 is 11.2 Å². The zero-order chi connectivity index (χ0) is 34.7. The molecule has 0 radical (unpaired) electrons. The Labute approximate surface area is 288 Å². The summed E-state index contributed by atoms with van der Waals surface area (Å²) in [7, 11) is -1.62. The molecule has 0 spiro atoms. The second kappa shape index (κ2) is 14.9. The lowest BCUT2D eigenvalue weighted by molar-refractivity contribution is -0.0915. The van der Waals surface area contributed by atoms with Crippen LogP contribution in [-0.2, 0) is 24.1 Å². The summed E-state index contributed by atoms with van der Waals surface area (Å²) in [6.45, 7) is 10.3. The fourth-order valence-electron chi connectivity index (χ4n) is 6.97. The summed E-state index contributed by atoms with van der Waals surface area (Å²) in [5.74, 6) is 0. The van der Waals surface area contributed by atoms with Crippen LogP contribution in [0.5, 0.6) is 0 Å². The minimum absolute atomic E-state index is 0.0957. The van der Waals surface area contributed by atoms with Crippen molar-refractivity contribution in [1.29, 1.82) is 5.26 Å². The molecule has 0 saturated carbocycles. The van der Waals surface area contributed by atoms with Crippen molar-refractivity contribution >= 4 is 8.53 Å². The van der Waals surface area contributed by atoms with E-state index in [0.29, 0.717) is 12.0 Å². The van der Waals surface area contributed by atoms with Gasteiger partial charge in [0, 0.05) is 41.4 Å². The molecule has 0 amide bonds. The number of H-pyrrole nitrogens is 1. The Morgan fingerprint density at radius 1 is 0.980 bits per heavy atom. The molecule has 10 nitrogen and oxygen atoms in total. The van der Waals surface area contributed by atoms with Gasteiger partial charge in [0.25, 0.3) is 14.1 Å². The third-order valence-electron chi connectivity index (χ3n) is 9.07. The van der Waals surface area contributed by atoms with Gasteiger partial charge in [-0.3, -0.25) is 14.3 Å². The van der Waals surface area contributed by atoms with Gasteiger partial charge >= 0.3 is 5.69 Å². The van der Waals surface area contributed by atoms with Gasteiger partial charge in [0.05, 0.1) is 31.8 Å². The van der Waals surface area contributed by atoms with E-state index in [-0.39, 0.29) is 31.7 Å². The first-order valence-electron chi connectivity index (χ1n) is 16.8. The number of nitrogens with zero attached hydrogens (tertiary/aromatic N) is 3. The van der Waals surface area contributed by atoms with Crippen molar-refractivity contribution in [2.24, 2.45) is 0 Å². The highest BCUT2D eigenvalue weighted by atomic mass is 31.2. The Bertz CT molecular complexity index is 1870. The second-order valence-electron chi connectivity index (χ2n) is 13.0. The Morgan fingerprint density at radius 2 is 1.59 bits per heavy atom. The van der Waals surface area contributed by atoms with Gasteiger partial charge in [-0.15, -0.1) is 0 Å². The number of aromatic nitrogens is 2. The van der Waals surface area contributed by atoms with Gasteiger partial charge in [-0.05, 0) is 51.3 Å². The molecule has 256 valence electrons. The predicted octanol–water partition coefficient (Wildman–Crippen LogP) is 6.78. The SMILES string of the molecule is Cc1cn([C@H]2C[C@H](OP(OCCC#N)N(C(C)C)C(C)C)[C@@H](COC3(c4ccccc4)c4ccccc4-c4ccccc43)O2)c(=O)[nH]c1=O. The van der Waals surface area contributed by atoms with Crippen LogP contribution in [0.15, 0.2) is 94.6 Å². The van der Waals surface area contributed by atoms with Gasteiger partial charge in [0.2, 0.25) is 0 Å². The Kier molecular flexibility index (Phi) is 10.6. The van der Waals surface area contributed by atoms with Crippen molar-refractivity contribution in [1.82, 2.24) is 14.2 Å². The van der Waals surface area contributed by atoms with Crippen LogP contribution in [0.4, 0.5) is 0 Å². The topological polar surface area (TPSA) is 119 Å². The van der Waals surface area contributed by atoms with E-state index < -0.39 is 43.8 Å². The van der Waals surface area contributed by atoms with Crippen LogP contribution in [0.3, 0.4) is 0 Å². The number of aryl methyl sites for hydroxylation is 1. The number of ether oxygens (including phenoxy) is 2. The number of aromatic amines is 1. The molecule has 1 unspecified atom stereocenters. The molecule has 4 aromatic rings. The largest absolute Gasteiger partial charge is 0.358 e. The fourth-order valence-corrected chi connectivity index (χ4v) is 8.73. The number of benzene rings is 3. The lowest BCUT2D eigenvalue weighted by atomic mass is 9.84. The molecule has 1 aliphatic heterocycles. The average Bonchev–Trinajstić information content (AvgIpc) is 3.62. The van der Waals surface area contributed by atoms with Crippen LogP contribution in [0, 0.1) is 18.3 Å². The van der Waals surface area contributed by atoms with Gasteiger partial charge in [-0.1, -0.05) is 78.9 Å². The molecule has 4 atom stereocenters.